The number of aryl methyl sites for hydroxylation is 1. The molecule has 114 valence electrons. The fraction of sp³-hybridized carbons (Fsp3) is 0.308. The van der Waals surface area contributed by atoms with Gasteiger partial charge in [-0.3, -0.25) is 4.68 Å². The first-order valence-electron chi connectivity index (χ1n) is 6.48. The van der Waals surface area contributed by atoms with E-state index in [1.807, 2.05) is 17.8 Å². The second-order valence-corrected chi connectivity index (χ2v) is 6.55. The largest absolute Gasteiger partial charge is 0.397 e. The van der Waals surface area contributed by atoms with Crippen LogP contribution in [0.3, 0.4) is 0 Å². The average Bonchev–Trinajstić information content (AvgIpc) is 2.86. The molecule has 0 unspecified atom stereocenters. The molecule has 0 atom stereocenters. The van der Waals surface area contributed by atoms with Gasteiger partial charge in [-0.15, -0.1) is 0 Å². The lowest BCUT2D eigenvalue weighted by Crippen LogP contribution is -2.19. The van der Waals surface area contributed by atoms with Gasteiger partial charge >= 0.3 is 0 Å². The van der Waals surface area contributed by atoms with Gasteiger partial charge in [0.25, 0.3) is 0 Å². The first kappa shape index (κ1) is 15.3. The Kier molecular flexibility index (Phi) is 4.49. The number of benzene rings is 1. The number of aromatic nitrogens is 2. The minimum Gasteiger partial charge on any atom is -0.397 e. The zero-order chi connectivity index (χ0) is 15.5. The van der Waals surface area contributed by atoms with Crippen LogP contribution in [-0.2, 0) is 16.6 Å². The van der Waals surface area contributed by atoms with E-state index in [2.05, 4.69) is 15.1 Å². The summed E-state index contributed by atoms with van der Waals surface area (Å²) in [5.74, 6) is 0. The van der Waals surface area contributed by atoms with Gasteiger partial charge in [-0.2, -0.15) is 5.10 Å². The van der Waals surface area contributed by atoms with Gasteiger partial charge in [-0.25, -0.2) is 13.1 Å². The first-order valence-corrected chi connectivity index (χ1v) is 7.96. The third kappa shape index (κ3) is 3.73. The Bertz CT molecular complexity index is 724. The van der Waals surface area contributed by atoms with Crippen molar-refractivity contribution in [2.24, 2.45) is 0 Å². The third-order valence-corrected chi connectivity index (χ3v) is 4.43. The van der Waals surface area contributed by atoms with Crippen molar-refractivity contribution in [1.82, 2.24) is 14.5 Å². The number of sulfonamides is 1. The van der Waals surface area contributed by atoms with Crippen LogP contribution in [0.2, 0.25) is 0 Å². The molecule has 0 fully saturated rings. The van der Waals surface area contributed by atoms with Crippen LogP contribution in [0.5, 0.6) is 0 Å². The van der Waals surface area contributed by atoms with Gasteiger partial charge in [0, 0.05) is 12.7 Å². The van der Waals surface area contributed by atoms with E-state index in [-0.39, 0.29) is 4.90 Å². The van der Waals surface area contributed by atoms with Gasteiger partial charge in [0.15, 0.2) is 0 Å². The summed E-state index contributed by atoms with van der Waals surface area (Å²) in [6.45, 7) is 3.23. The highest BCUT2D eigenvalue weighted by molar-refractivity contribution is 7.89. The molecule has 21 heavy (non-hydrogen) atoms. The number of hydrogen-bond donors (Lipinski definition) is 3. The molecule has 0 radical (unpaired) electrons. The zero-order valence-corrected chi connectivity index (χ0v) is 12.8. The van der Waals surface area contributed by atoms with Crippen molar-refractivity contribution in [3.05, 3.63) is 36.2 Å². The lowest BCUT2D eigenvalue weighted by atomic mass is 10.2. The molecule has 0 saturated heterocycles. The Morgan fingerprint density at radius 2 is 2.14 bits per heavy atom. The Hall–Kier alpha value is -2.06. The Balaban J connectivity index is 2.07. The third-order valence-electron chi connectivity index (χ3n) is 3.02. The van der Waals surface area contributed by atoms with Crippen LogP contribution < -0.4 is 15.8 Å². The molecule has 7 nitrogen and oxygen atoms in total. The second-order valence-electron chi connectivity index (χ2n) is 4.66. The molecule has 2 rings (SSSR count). The number of rotatable bonds is 6. The molecular formula is C13H19N5O2S. The lowest BCUT2D eigenvalue weighted by Gasteiger charge is -2.11. The molecule has 0 aliphatic rings. The van der Waals surface area contributed by atoms with E-state index >= 15 is 0 Å². The second kappa shape index (κ2) is 6.15. The van der Waals surface area contributed by atoms with Gasteiger partial charge in [0.1, 0.15) is 0 Å². The van der Waals surface area contributed by atoms with Crippen LogP contribution in [0.15, 0.2) is 35.5 Å². The lowest BCUT2D eigenvalue weighted by molar-refractivity contribution is 0.588. The molecule has 4 N–H and O–H groups in total. The number of nitrogens with one attached hydrogen (secondary N) is 2. The highest BCUT2D eigenvalue weighted by Gasteiger charge is 2.12. The van der Waals surface area contributed by atoms with E-state index in [9.17, 15) is 8.42 Å². The summed E-state index contributed by atoms with van der Waals surface area (Å²) in [6.07, 6.45) is 3.72. The number of hydrogen-bond acceptors (Lipinski definition) is 5. The minimum absolute atomic E-state index is 0.177. The van der Waals surface area contributed by atoms with E-state index in [1.54, 1.807) is 12.3 Å². The Morgan fingerprint density at radius 1 is 1.38 bits per heavy atom. The van der Waals surface area contributed by atoms with Crippen molar-refractivity contribution >= 4 is 21.4 Å². The Morgan fingerprint density at radius 3 is 2.76 bits per heavy atom. The molecule has 1 aromatic heterocycles. The van der Waals surface area contributed by atoms with Crippen LogP contribution >= 0.6 is 0 Å². The number of nitrogens with zero attached hydrogens (tertiary/aromatic N) is 2. The van der Waals surface area contributed by atoms with Crippen LogP contribution in [0.25, 0.3) is 0 Å². The van der Waals surface area contributed by atoms with Crippen molar-refractivity contribution < 1.29 is 8.42 Å². The van der Waals surface area contributed by atoms with E-state index in [0.717, 1.165) is 5.56 Å². The summed E-state index contributed by atoms with van der Waals surface area (Å²) in [5.41, 5.74) is 8.05. The molecule has 0 saturated carbocycles. The maximum Gasteiger partial charge on any atom is 0.240 e. The minimum atomic E-state index is -3.47. The quantitative estimate of drug-likeness (QED) is 0.685. The van der Waals surface area contributed by atoms with Crippen molar-refractivity contribution in [3.8, 4) is 0 Å². The number of nitrogens with two attached hydrogens (primary N) is 1. The fourth-order valence-corrected chi connectivity index (χ4v) is 2.62. The maximum atomic E-state index is 11.8. The van der Waals surface area contributed by atoms with Gasteiger partial charge in [0.2, 0.25) is 10.0 Å². The SMILES string of the molecule is CNS(=O)(=O)c1ccc(N)c(NCCn2cc(C)cn2)c1. The van der Waals surface area contributed by atoms with Crippen molar-refractivity contribution in [2.75, 3.05) is 24.6 Å². The molecule has 1 heterocycles. The Labute approximate surface area is 124 Å². The summed E-state index contributed by atoms with van der Waals surface area (Å²) in [6, 6.07) is 4.57. The smallest absolute Gasteiger partial charge is 0.240 e. The molecule has 0 bridgehead atoms. The molecule has 0 aliphatic carbocycles. The van der Waals surface area contributed by atoms with E-state index in [0.29, 0.717) is 24.5 Å². The molecule has 0 aliphatic heterocycles. The molecule has 0 spiro atoms. The standard InChI is InChI=1S/C13H19N5O2S/c1-10-8-17-18(9-10)6-5-16-13-7-11(3-4-12(13)14)21(19,20)15-2/h3-4,7-9,15-16H,5-6,14H2,1-2H3. The summed E-state index contributed by atoms with van der Waals surface area (Å²) in [7, 11) is -2.10. The van der Waals surface area contributed by atoms with Crippen molar-refractivity contribution in [1.29, 1.82) is 0 Å². The summed E-state index contributed by atoms with van der Waals surface area (Å²) < 4.78 is 27.6. The predicted octanol–water partition coefficient (Wildman–Crippen LogP) is 0.794. The van der Waals surface area contributed by atoms with Gasteiger partial charge in [0.05, 0.1) is 29.0 Å². The van der Waals surface area contributed by atoms with E-state index < -0.39 is 10.0 Å². The monoisotopic (exact) mass is 309 g/mol. The molecule has 2 aromatic rings. The molecule has 8 heteroatoms. The van der Waals surface area contributed by atoms with Gasteiger partial charge in [-0.1, -0.05) is 0 Å². The maximum absolute atomic E-state index is 11.8. The number of anilines is 2. The molecule has 1 aromatic carbocycles. The van der Waals surface area contributed by atoms with Gasteiger partial charge < -0.3 is 11.1 Å². The van der Waals surface area contributed by atoms with E-state index in [1.165, 1.54) is 19.2 Å². The highest BCUT2D eigenvalue weighted by atomic mass is 32.2. The van der Waals surface area contributed by atoms with Crippen LogP contribution in [0.4, 0.5) is 11.4 Å². The average molecular weight is 309 g/mol. The molecule has 0 amide bonds. The summed E-state index contributed by atoms with van der Waals surface area (Å²) >= 11 is 0. The predicted molar refractivity (Wildman–Crippen MR) is 82.6 cm³/mol. The topological polar surface area (TPSA) is 102 Å². The highest BCUT2D eigenvalue weighted by Crippen LogP contribution is 2.22. The van der Waals surface area contributed by atoms with Crippen molar-refractivity contribution in [2.45, 2.75) is 18.4 Å². The van der Waals surface area contributed by atoms with Crippen molar-refractivity contribution in [3.63, 3.8) is 0 Å². The van der Waals surface area contributed by atoms with Gasteiger partial charge in [-0.05, 0) is 37.7 Å². The normalized spacial score (nSPS) is 11.5. The van der Waals surface area contributed by atoms with Crippen LogP contribution in [0, 0.1) is 6.92 Å². The summed E-state index contributed by atoms with van der Waals surface area (Å²) in [4.78, 5) is 0.177. The number of nitrogen functional groups attached to an aromatic ring is 1. The summed E-state index contributed by atoms with van der Waals surface area (Å²) in [5, 5.41) is 7.31. The van der Waals surface area contributed by atoms with E-state index in [4.69, 9.17) is 5.73 Å². The first-order chi connectivity index (χ1) is 9.92. The van der Waals surface area contributed by atoms with Crippen LogP contribution in [-0.4, -0.2) is 31.8 Å². The fourth-order valence-electron chi connectivity index (χ4n) is 1.87. The van der Waals surface area contributed by atoms with Crippen LogP contribution in [0.1, 0.15) is 5.56 Å². The zero-order valence-electron chi connectivity index (χ0n) is 12.0. The molecular weight excluding hydrogens is 290 g/mol.